The maximum atomic E-state index is 12.6. The Kier molecular flexibility index (Phi) is 5.66. The lowest BCUT2D eigenvalue weighted by Gasteiger charge is -2.27. The van der Waals surface area contributed by atoms with Crippen LogP contribution in [0.3, 0.4) is 0 Å². The van der Waals surface area contributed by atoms with Crippen molar-refractivity contribution in [2.24, 2.45) is 0 Å². The molecule has 7 heteroatoms. The summed E-state index contributed by atoms with van der Waals surface area (Å²) in [5.74, 6) is 1.49. The quantitative estimate of drug-likeness (QED) is 0.866. The third-order valence-electron chi connectivity index (χ3n) is 4.57. The number of benzene rings is 1. The van der Waals surface area contributed by atoms with Gasteiger partial charge < -0.3 is 19.7 Å². The topological polar surface area (TPSA) is 63.7 Å². The van der Waals surface area contributed by atoms with Crippen molar-refractivity contribution in [3.63, 3.8) is 0 Å². The summed E-state index contributed by atoms with van der Waals surface area (Å²) in [5.41, 5.74) is 2.07. The summed E-state index contributed by atoms with van der Waals surface area (Å²) in [6.45, 7) is 7.70. The highest BCUT2D eigenvalue weighted by molar-refractivity contribution is 7.11. The van der Waals surface area contributed by atoms with Gasteiger partial charge in [-0.1, -0.05) is 13.0 Å². The third kappa shape index (κ3) is 3.93. The lowest BCUT2D eigenvalue weighted by molar-refractivity contribution is 0.170. The Morgan fingerprint density at radius 2 is 2.08 bits per heavy atom. The normalized spacial score (nSPS) is 14.0. The molecule has 0 fully saturated rings. The SMILES string of the molecule is CCc1nc(C)sc1CNC(=O)N(C)[C@@H](C)c1ccc2c(c1)OCCO2. The van der Waals surface area contributed by atoms with Crippen LogP contribution in [0.15, 0.2) is 18.2 Å². The maximum Gasteiger partial charge on any atom is 0.317 e. The van der Waals surface area contributed by atoms with E-state index in [0.717, 1.165) is 39.1 Å². The molecule has 1 N–H and O–H groups in total. The summed E-state index contributed by atoms with van der Waals surface area (Å²) in [6, 6.07) is 5.63. The van der Waals surface area contributed by atoms with E-state index in [-0.39, 0.29) is 12.1 Å². The van der Waals surface area contributed by atoms with Gasteiger partial charge in [-0.2, -0.15) is 0 Å². The van der Waals surface area contributed by atoms with Gasteiger partial charge in [-0.05, 0) is 38.0 Å². The molecule has 6 nitrogen and oxygen atoms in total. The van der Waals surface area contributed by atoms with Crippen molar-refractivity contribution in [2.75, 3.05) is 20.3 Å². The van der Waals surface area contributed by atoms with Crippen molar-refractivity contribution in [2.45, 2.75) is 39.8 Å². The van der Waals surface area contributed by atoms with Crippen LogP contribution in [-0.2, 0) is 13.0 Å². The molecule has 0 unspecified atom stereocenters. The zero-order valence-corrected chi connectivity index (χ0v) is 16.5. The highest BCUT2D eigenvalue weighted by Gasteiger charge is 2.20. The number of fused-ring (bicyclic) bond motifs is 1. The van der Waals surface area contributed by atoms with Crippen LogP contribution < -0.4 is 14.8 Å². The Labute approximate surface area is 158 Å². The summed E-state index contributed by atoms with van der Waals surface area (Å²) in [6.07, 6.45) is 0.874. The van der Waals surface area contributed by atoms with Crippen molar-refractivity contribution in [1.82, 2.24) is 15.2 Å². The van der Waals surface area contributed by atoms with Crippen LogP contribution in [0.5, 0.6) is 11.5 Å². The zero-order valence-electron chi connectivity index (χ0n) is 15.7. The average Bonchev–Trinajstić information content (AvgIpc) is 3.04. The fraction of sp³-hybridized carbons (Fsp3) is 0.474. The van der Waals surface area contributed by atoms with Crippen molar-refractivity contribution in [1.29, 1.82) is 0 Å². The first-order valence-corrected chi connectivity index (χ1v) is 9.66. The number of aromatic nitrogens is 1. The number of amides is 2. The van der Waals surface area contributed by atoms with Crippen molar-refractivity contribution in [3.8, 4) is 11.5 Å². The van der Waals surface area contributed by atoms with E-state index in [2.05, 4.69) is 17.2 Å². The zero-order chi connectivity index (χ0) is 18.7. The molecule has 1 atom stereocenters. The van der Waals surface area contributed by atoms with E-state index >= 15 is 0 Å². The maximum absolute atomic E-state index is 12.6. The fourth-order valence-electron chi connectivity index (χ4n) is 2.93. The molecule has 0 saturated carbocycles. The van der Waals surface area contributed by atoms with Gasteiger partial charge in [0.15, 0.2) is 11.5 Å². The number of ether oxygens (including phenoxy) is 2. The molecule has 2 heterocycles. The van der Waals surface area contributed by atoms with Gasteiger partial charge in [0.05, 0.1) is 23.3 Å². The first-order chi connectivity index (χ1) is 12.5. The number of rotatable bonds is 5. The number of carbonyl (C=O) groups excluding carboxylic acids is 1. The van der Waals surface area contributed by atoms with Gasteiger partial charge in [-0.3, -0.25) is 0 Å². The van der Waals surface area contributed by atoms with Crippen molar-refractivity contribution >= 4 is 17.4 Å². The summed E-state index contributed by atoms with van der Waals surface area (Å²) in [5, 5.41) is 4.03. The van der Waals surface area contributed by atoms with Gasteiger partial charge in [0.2, 0.25) is 0 Å². The van der Waals surface area contributed by atoms with Crippen LogP contribution in [0, 0.1) is 6.92 Å². The predicted molar refractivity (Wildman–Crippen MR) is 102 cm³/mol. The van der Waals surface area contributed by atoms with E-state index in [9.17, 15) is 4.79 Å². The second-order valence-electron chi connectivity index (χ2n) is 6.30. The Morgan fingerprint density at radius 1 is 1.35 bits per heavy atom. The van der Waals surface area contributed by atoms with Gasteiger partial charge in [0.25, 0.3) is 0 Å². The molecule has 26 heavy (non-hydrogen) atoms. The number of nitrogens with zero attached hydrogens (tertiary/aromatic N) is 2. The number of aryl methyl sites for hydroxylation is 2. The molecule has 1 aromatic heterocycles. The molecule has 0 spiro atoms. The van der Waals surface area contributed by atoms with Crippen LogP contribution in [-0.4, -0.2) is 36.2 Å². The van der Waals surface area contributed by atoms with Crippen LogP contribution in [0.25, 0.3) is 0 Å². The minimum atomic E-state index is -0.111. The summed E-state index contributed by atoms with van der Waals surface area (Å²) >= 11 is 1.64. The molecule has 1 aromatic carbocycles. The molecule has 1 aliphatic heterocycles. The number of hydrogen-bond donors (Lipinski definition) is 1. The molecule has 140 valence electrons. The van der Waals surface area contributed by atoms with Gasteiger partial charge in [0, 0.05) is 11.9 Å². The molecule has 0 radical (unpaired) electrons. The van der Waals surface area contributed by atoms with Crippen LogP contribution in [0.4, 0.5) is 4.79 Å². The molecule has 2 amide bonds. The summed E-state index contributed by atoms with van der Waals surface area (Å²) in [4.78, 5) is 19.9. The minimum absolute atomic E-state index is 0.0836. The molecular formula is C19H25N3O3S. The number of hydrogen-bond acceptors (Lipinski definition) is 5. The Balaban J connectivity index is 1.64. The highest BCUT2D eigenvalue weighted by Crippen LogP contribution is 2.33. The predicted octanol–water partition coefficient (Wildman–Crippen LogP) is 3.69. The summed E-state index contributed by atoms with van der Waals surface area (Å²) < 4.78 is 11.2. The lowest BCUT2D eigenvalue weighted by atomic mass is 10.1. The highest BCUT2D eigenvalue weighted by atomic mass is 32.1. The van der Waals surface area contributed by atoms with Gasteiger partial charge in [0.1, 0.15) is 13.2 Å². The average molecular weight is 375 g/mol. The van der Waals surface area contributed by atoms with E-state index in [1.54, 1.807) is 23.3 Å². The number of thiazole rings is 1. The third-order valence-corrected chi connectivity index (χ3v) is 5.58. The lowest BCUT2D eigenvalue weighted by Crippen LogP contribution is -2.38. The molecule has 0 saturated heterocycles. The first kappa shape index (κ1) is 18.5. The standard InChI is InChI=1S/C19H25N3O3S/c1-5-15-18(26-13(3)21-15)11-20-19(23)22(4)12(2)14-6-7-16-17(10-14)25-9-8-24-16/h6-7,10,12H,5,8-9,11H2,1-4H3,(H,20,23)/t12-/m0/s1. The molecule has 1 aliphatic rings. The Hall–Kier alpha value is -2.28. The minimum Gasteiger partial charge on any atom is -0.486 e. The van der Waals surface area contributed by atoms with E-state index in [0.29, 0.717) is 19.8 Å². The number of urea groups is 1. The van der Waals surface area contributed by atoms with E-state index in [1.807, 2.05) is 32.0 Å². The van der Waals surface area contributed by atoms with Gasteiger partial charge in [-0.15, -0.1) is 11.3 Å². The Bertz CT molecular complexity index is 790. The largest absolute Gasteiger partial charge is 0.486 e. The second-order valence-corrected chi connectivity index (χ2v) is 7.59. The fourth-order valence-corrected chi connectivity index (χ4v) is 3.89. The molecule has 2 aromatic rings. The van der Waals surface area contributed by atoms with E-state index in [1.165, 1.54) is 0 Å². The number of carbonyl (C=O) groups is 1. The van der Waals surface area contributed by atoms with Crippen LogP contribution in [0.2, 0.25) is 0 Å². The molecular weight excluding hydrogens is 350 g/mol. The molecule has 3 rings (SSSR count). The van der Waals surface area contributed by atoms with Crippen LogP contribution >= 0.6 is 11.3 Å². The van der Waals surface area contributed by atoms with Crippen LogP contribution in [0.1, 0.15) is 41.0 Å². The second kappa shape index (κ2) is 7.95. The van der Waals surface area contributed by atoms with Gasteiger partial charge >= 0.3 is 6.03 Å². The van der Waals surface area contributed by atoms with Gasteiger partial charge in [-0.25, -0.2) is 9.78 Å². The van der Waals surface area contributed by atoms with Crippen molar-refractivity contribution < 1.29 is 14.3 Å². The molecule has 0 aliphatic carbocycles. The van der Waals surface area contributed by atoms with E-state index in [4.69, 9.17) is 9.47 Å². The van der Waals surface area contributed by atoms with E-state index < -0.39 is 0 Å². The Morgan fingerprint density at radius 3 is 2.81 bits per heavy atom. The van der Waals surface area contributed by atoms with Crippen molar-refractivity contribution in [3.05, 3.63) is 39.3 Å². The molecule has 0 bridgehead atoms. The number of nitrogens with one attached hydrogen (secondary N) is 1. The first-order valence-electron chi connectivity index (χ1n) is 8.85. The monoisotopic (exact) mass is 375 g/mol. The summed E-state index contributed by atoms with van der Waals surface area (Å²) in [7, 11) is 1.80. The smallest absolute Gasteiger partial charge is 0.317 e.